The van der Waals surface area contributed by atoms with Gasteiger partial charge in [-0.15, -0.1) is 68.0 Å². The Hall–Kier alpha value is -6.67. The molecule has 1 aliphatic rings. The van der Waals surface area contributed by atoms with Gasteiger partial charge in [-0.2, -0.15) is 8.75 Å². The summed E-state index contributed by atoms with van der Waals surface area (Å²) in [6.45, 7) is 44.3. The zero-order valence-corrected chi connectivity index (χ0v) is 67.8. The summed E-state index contributed by atoms with van der Waals surface area (Å²) < 4.78 is 28.4. The second kappa shape index (κ2) is 25.6. The Balaban J connectivity index is 0.887. The van der Waals surface area contributed by atoms with Gasteiger partial charge in [-0.3, -0.25) is 14.5 Å². The van der Waals surface area contributed by atoms with Crippen molar-refractivity contribution in [3.05, 3.63) is 160 Å². The number of aryl methyl sites for hydroxylation is 4. The molecule has 17 heteroatoms. The first-order valence-electron chi connectivity index (χ1n) is 35.3. The van der Waals surface area contributed by atoms with Gasteiger partial charge >= 0.3 is 5.97 Å². The molecule has 0 aliphatic carbocycles. The molecule has 1 aliphatic heterocycles. The van der Waals surface area contributed by atoms with Gasteiger partial charge in [0.15, 0.2) is 0 Å². The third-order valence-corrected chi connectivity index (χ3v) is 32.7. The van der Waals surface area contributed by atoms with Crippen molar-refractivity contribution in [1.29, 1.82) is 0 Å². The molecule has 8 heterocycles. The summed E-state index contributed by atoms with van der Waals surface area (Å²) in [5, 5.41) is 5.98. The number of thiazole rings is 2. The largest absolute Gasteiger partial charge is 0.464 e. The number of thiophene rings is 4. The van der Waals surface area contributed by atoms with E-state index in [2.05, 4.69) is 210 Å². The van der Waals surface area contributed by atoms with E-state index in [1.807, 2.05) is 28.7 Å². The number of aromatic nitrogens is 4. The first kappa shape index (κ1) is 71.3. The van der Waals surface area contributed by atoms with Crippen molar-refractivity contribution in [2.75, 3.05) is 20.8 Å². The summed E-state index contributed by atoms with van der Waals surface area (Å²) in [5.74, 6) is 0.0130. The third kappa shape index (κ3) is 11.0. The molecular formula is C84H91N5O5S7. The summed E-state index contributed by atoms with van der Waals surface area (Å²) in [4.78, 5) is 62.0. The zero-order chi connectivity index (χ0) is 72.3. The number of benzene rings is 6. The molecule has 0 radical (unpaired) electrons. The molecule has 0 N–H and O–H groups in total. The van der Waals surface area contributed by atoms with Crippen molar-refractivity contribution in [2.45, 2.75) is 196 Å². The maximum atomic E-state index is 15.6. The normalized spacial score (nSPS) is 14.2. The van der Waals surface area contributed by atoms with Gasteiger partial charge in [-0.05, 0) is 136 Å². The SMILES string of the molecule is COCc1nc2c(C(C)(C)C(C)(C)c3cc4c(C)c5sc(-c6c7c(c(C(C)(C)C(C)(C)c8ccccc8)c8nsnc68)C(=O)N(CCC(C)CCCC(C)C)C7=O)cc5c(C)c4s3)c3sc(C(=O)OC)nc3c(-c3cc4c(C)c5sc(C(C)(C)C(C)(C)c6ccccc6)cc5c(C)c4s3)c2s1. The van der Waals surface area contributed by atoms with E-state index in [0.29, 0.717) is 57.7 Å². The number of carbonyl (C=O) groups excluding carboxylic acids is 3. The number of imide groups is 1. The Morgan fingerprint density at radius 3 is 1.50 bits per heavy atom. The summed E-state index contributed by atoms with van der Waals surface area (Å²) >= 11 is 11.4. The van der Waals surface area contributed by atoms with E-state index < -0.39 is 27.6 Å². The minimum Gasteiger partial charge on any atom is -0.464 e. The number of ether oxygens (including phenoxy) is 2. The van der Waals surface area contributed by atoms with Crippen LogP contribution in [0.1, 0.15) is 219 Å². The van der Waals surface area contributed by atoms with E-state index in [9.17, 15) is 4.79 Å². The molecule has 524 valence electrons. The lowest BCUT2D eigenvalue weighted by atomic mass is 9.59. The van der Waals surface area contributed by atoms with Crippen LogP contribution in [0.2, 0.25) is 0 Å². The van der Waals surface area contributed by atoms with Gasteiger partial charge in [0.25, 0.3) is 11.8 Å². The average molecular weight is 1480 g/mol. The Bertz CT molecular complexity index is 5410. The zero-order valence-electron chi connectivity index (χ0n) is 62.1. The summed E-state index contributed by atoms with van der Waals surface area (Å²) in [6, 6.07) is 30.9. The van der Waals surface area contributed by atoms with Crippen LogP contribution in [0.25, 0.3) is 92.7 Å². The number of nitrogens with zero attached hydrogens (tertiary/aromatic N) is 5. The number of rotatable bonds is 21. The number of fused-ring (bicyclic) bond motifs is 8. The van der Waals surface area contributed by atoms with E-state index in [4.69, 9.17) is 28.2 Å². The predicted octanol–water partition coefficient (Wildman–Crippen LogP) is 24.5. The molecule has 14 rings (SSSR count). The van der Waals surface area contributed by atoms with Gasteiger partial charge in [0.2, 0.25) is 5.01 Å². The fraction of sp³-hybridized carbons (Fsp3) is 0.417. The molecule has 2 amide bonds. The predicted molar refractivity (Wildman–Crippen MR) is 432 cm³/mol. The molecule has 1 atom stereocenters. The lowest BCUT2D eigenvalue weighted by molar-refractivity contribution is 0.0597. The summed E-state index contributed by atoms with van der Waals surface area (Å²) in [6.07, 6.45) is 4.05. The van der Waals surface area contributed by atoms with Crippen molar-refractivity contribution < 1.29 is 23.9 Å². The van der Waals surface area contributed by atoms with Gasteiger partial charge in [-0.25, -0.2) is 14.8 Å². The highest BCUT2D eigenvalue weighted by molar-refractivity contribution is 7.26. The van der Waals surface area contributed by atoms with Crippen LogP contribution >= 0.6 is 79.7 Å². The molecular weight excluding hydrogens is 1380 g/mol. The smallest absolute Gasteiger partial charge is 0.367 e. The maximum Gasteiger partial charge on any atom is 0.367 e. The number of carbonyl (C=O) groups is 3. The van der Waals surface area contributed by atoms with Crippen molar-refractivity contribution in [3.8, 4) is 20.9 Å². The fourth-order valence-corrected chi connectivity index (χ4v) is 24.2. The second-order valence-corrected chi connectivity index (χ2v) is 38.8. The topological polar surface area (TPSA) is 124 Å². The van der Waals surface area contributed by atoms with Crippen LogP contribution in [0, 0.1) is 39.5 Å². The number of amides is 2. The number of esters is 1. The van der Waals surface area contributed by atoms with Crippen LogP contribution in [0.4, 0.5) is 0 Å². The maximum absolute atomic E-state index is 15.6. The van der Waals surface area contributed by atoms with Gasteiger partial charge in [0.05, 0.1) is 57.0 Å². The van der Waals surface area contributed by atoms with Crippen LogP contribution in [0.15, 0.2) is 84.9 Å². The Kier molecular flexibility index (Phi) is 18.1. The molecule has 0 fully saturated rings. The molecule has 6 aromatic carbocycles. The molecule has 1 unspecified atom stereocenters. The number of hydrogen-bond donors (Lipinski definition) is 0. The van der Waals surface area contributed by atoms with Gasteiger partial charge in [0, 0.05) is 95.9 Å². The standard InChI is InChI=1S/C84H91N5O5S7/c1-42(2)29-28-30-43(3)35-36-89-76(90)61-59(65-67(88-101-87-65)63(62(61)77(89)91)83(16,17)80(10,11)49-33-26-23-27-34-49)54-37-50-44(4)72-53(46(6)69(50)95-54)40-57(98-72)82(14,15)84(18,19)64-68-73(99-58(85-68)41-93-20)60(66-74(64)100-75(86-66)78(92)94-21)55-38-51-45(5)71-52(47(7)70(51)96-55)39-56(97-71)81(12,13)79(8,9)48-31-24-22-25-32-48/h22-27,31-34,37-40,42-43H,28-30,35-36,41H2,1-21H3. The lowest BCUT2D eigenvalue weighted by Gasteiger charge is -2.43. The minimum atomic E-state index is -0.679. The van der Waals surface area contributed by atoms with E-state index >= 15 is 9.59 Å². The van der Waals surface area contributed by atoms with Crippen LogP contribution in [-0.2, 0) is 48.6 Å². The molecule has 0 spiro atoms. The van der Waals surface area contributed by atoms with Crippen LogP contribution in [-0.4, -0.2) is 62.2 Å². The highest BCUT2D eigenvalue weighted by Gasteiger charge is 2.51. The Labute approximate surface area is 621 Å². The molecule has 10 nitrogen and oxygen atoms in total. The molecule has 101 heavy (non-hydrogen) atoms. The van der Waals surface area contributed by atoms with Gasteiger partial charge in [0.1, 0.15) is 16.0 Å². The third-order valence-electron chi connectivity index (χ3n) is 24.4. The first-order chi connectivity index (χ1) is 47.7. The monoisotopic (exact) mass is 1470 g/mol. The summed E-state index contributed by atoms with van der Waals surface area (Å²) in [5.41, 5.74) is 12.1. The Morgan fingerprint density at radius 1 is 0.475 bits per heavy atom. The van der Waals surface area contributed by atoms with Crippen LogP contribution in [0.5, 0.6) is 0 Å². The highest BCUT2D eigenvalue weighted by Crippen LogP contribution is 2.59. The molecule has 0 bridgehead atoms. The lowest BCUT2D eigenvalue weighted by Crippen LogP contribution is -2.42. The van der Waals surface area contributed by atoms with Gasteiger partial charge < -0.3 is 9.47 Å². The van der Waals surface area contributed by atoms with E-state index in [1.165, 1.54) is 80.0 Å². The first-order valence-corrected chi connectivity index (χ1v) is 40.9. The Morgan fingerprint density at radius 2 is 0.960 bits per heavy atom. The highest BCUT2D eigenvalue weighted by atomic mass is 32.1. The fourth-order valence-electron chi connectivity index (χ4n) is 15.8. The molecule has 0 saturated carbocycles. The second-order valence-electron chi connectivity index (χ2n) is 32.0. The molecule has 0 saturated heterocycles. The van der Waals surface area contributed by atoms with Crippen molar-refractivity contribution >= 4 is 169 Å². The van der Waals surface area contributed by atoms with E-state index in [0.717, 1.165) is 116 Å². The van der Waals surface area contributed by atoms with E-state index in [-0.39, 0.29) is 22.6 Å². The van der Waals surface area contributed by atoms with Crippen LogP contribution in [0.3, 0.4) is 0 Å². The van der Waals surface area contributed by atoms with Crippen molar-refractivity contribution in [3.63, 3.8) is 0 Å². The van der Waals surface area contributed by atoms with Gasteiger partial charge in [-0.1, -0.05) is 184 Å². The average Bonchev–Trinajstić information content (AvgIpc) is 1.58. The molecule has 13 aromatic rings. The number of methoxy groups -OCH3 is 2. The van der Waals surface area contributed by atoms with Crippen molar-refractivity contribution in [2.24, 2.45) is 11.8 Å². The number of hydrogen-bond acceptors (Lipinski definition) is 16. The minimum absolute atomic E-state index is 0.130. The summed E-state index contributed by atoms with van der Waals surface area (Å²) in [7, 11) is 3.15. The van der Waals surface area contributed by atoms with Crippen LogP contribution < -0.4 is 0 Å². The van der Waals surface area contributed by atoms with Crippen molar-refractivity contribution in [1.82, 2.24) is 23.6 Å². The quantitative estimate of drug-likeness (QED) is 0.0511. The van der Waals surface area contributed by atoms with E-state index in [1.54, 1.807) is 41.1 Å². The molecule has 7 aromatic heterocycles.